The summed E-state index contributed by atoms with van der Waals surface area (Å²) in [6.07, 6.45) is 3.05. The van der Waals surface area contributed by atoms with Crippen molar-refractivity contribution in [1.82, 2.24) is 5.32 Å². The number of nitrogens with one attached hydrogen (secondary N) is 2. The van der Waals surface area contributed by atoms with Crippen molar-refractivity contribution in [3.63, 3.8) is 0 Å². The Hall–Kier alpha value is -2.75. The Labute approximate surface area is 137 Å². The predicted octanol–water partition coefficient (Wildman–Crippen LogP) is 3.89. The number of unbranched alkanes of at least 4 members (excludes halogenated alkanes) is 1. The topological polar surface area (TPSA) is 50.4 Å². The minimum Gasteiger partial charge on any atom is -0.494 e. The highest BCUT2D eigenvalue weighted by atomic mass is 16.5. The van der Waals surface area contributed by atoms with E-state index in [1.54, 1.807) is 0 Å². The van der Waals surface area contributed by atoms with Crippen molar-refractivity contribution in [2.75, 3.05) is 18.5 Å². The van der Waals surface area contributed by atoms with E-state index in [1.807, 2.05) is 54.6 Å². The van der Waals surface area contributed by atoms with E-state index in [0.717, 1.165) is 30.0 Å². The lowest BCUT2D eigenvalue weighted by Gasteiger charge is -2.09. The molecule has 0 unspecified atom stereocenters. The lowest BCUT2D eigenvalue weighted by molar-refractivity contribution is -0.116. The van der Waals surface area contributed by atoms with Crippen LogP contribution in [0.1, 0.15) is 12.8 Å². The van der Waals surface area contributed by atoms with Crippen molar-refractivity contribution >= 4 is 17.3 Å². The second-order valence-electron chi connectivity index (χ2n) is 5.07. The third-order valence-corrected chi connectivity index (χ3v) is 3.24. The fourth-order valence-corrected chi connectivity index (χ4v) is 2.02. The van der Waals surface area contributed by atoms with Crippen molar-refractivity contribution in [1.29, 1.82) is 0 Å². The Balaban J connectivity index is 1.67. The molecule has 4 heteroatoms. The summed E-state index contributed by atoms with van der Waals surface area (Å²) in [5.41, 5.74) is 2.08. The summed E-state index contributed by atoms with van der Waals surface area (Å²) < 4.78 is 5.68. The number of hydrogen-bond donors (Lipinski definition) is 2. The number of ether oxygens (including phenoxy) is 1. The van der Waals surface area contributed by atoms with Gasteiger partial charge >= 0.3 is 0 Å². The lowest BCUT2D eigenvalue weighted by Crippen LogP contribution is -2.22. The van der Waals surface area contributed by atoms with Crippen LogP contribution in [-0.4, -0.2) is 19.1 Å². The quantitative estimate of drug-likeness (QED) is 0.546. The molecule has 4 nitrogen and oxygen atoms in total. The van der Waals surface area contributed by atoms with Crippen LogP contribution in [0.3, 0.4) is 0 Å². The molecule has 0 aliphatic heterocycles. The number of para-hydroxylation sites is 1. The molecule has 0 aromatic heterocycles. The maximum Gasteiger partial charge on any atom is 0.243 e. The number of benzene rings is 2. The van der Waals surface area contributed by atoms with E-state index >= 15 is 0 Å². The van der Waals surface area contributed by atoms with Crippen LogP contribution in [0.4, 0.5) is 11.4 Å². The molecule has 23 heavy (non-hydrogen) atoms. The standard InChI is InChI=1S/C19H22N2O2/c1-2-19(22)20-14-6-7-15-23-18-12-10-17(11-13-18)21-16-8-4-3-5-9-16/h2-5,8-13,21H,1,6-7,14-15H2,(H,20,22). The second-order valence-corrected chi connectivity index (χ2v) is 5.07. The van der Waals surface area contributed by atoms with Gasteiger partial charge < -0.3 is 15.4 Å². The van der Waals surface area contributed by atoms with Gasteiger partial charge in [-0.1, -0.05) is 24.8 Å². The van der Waals surface area contributed by atoms with Gasteiger partial charge in [0.2, 0.25) is 5.91 Å². The van der Waals surface area contributed by atoms with Crippen LogP contribution in [-0.2, 0) is 4.79 Å². The molecule has 0 spiro atoms. The van der Waals surface area contributed by atoms with Gasteiger partial charge in [-0.15, -0.1) is 0 Å². The van der Waals surface area contributed by atoms with Crippen LogP contribution in [0, 0.1) is 0 Å². The molecule has 0 saturated carbocycles. The van der Waals surface area contributed by atoms with E-state index in [2.05, 4.69) is 17.2 Å². The maximum atomic E-state index is 11.0. The number of carbonyl (C=O) groups is 1. The number of hydrogen-bond acceptors (Lipinski definition) is 3. The van der Waals surface area contributed by atoms with Crippen LogP contribution in [0.15, 0.2) is 67.3 Å². The Bertz CT molecular complexity index is 609. The summed E-state index contributed by atoms with van der Waals surface area (Å²) in [6, 6.07) is 17.9. The normalized spacial score (nSPS) is 9.91. The largest absolute Gasteiger partial charge is 0.494 e. The van der Waals surface area contributed by atoms with Crippen LogP contribution in [0.2, 0.25) is 0 Å². The Morgan fingerprint density at radius 2 is 1.70 bits per heavy atom. The number of carbonyl (C=O) groups excluding carboxylic acids is 1. The summed E-state index contributed by atoms with van der Waals surface area (Å²) >= 11 is 0. The Morgan fingerprint density at radius 3 is 2.39 bits per heavy atom. The van der Waals surface area contributed by atoms with Crippen LogP contribution < -0.4 is 15.4 Å². The first kappa shape index (κ1) is 16.6. The third-order valence-electron chi connectivity index (χ3n) is 3.24. The van der Waals surface area contributed by atoms with E-state index in [0.29, 0.717) is 13.2 Å². The van der Waals surface area contributed by atoms with E-state index in [9.17, 15) is 4.79 Å². The zero-order valence-corrected chi connectivity index (χ0v) is 13.1. The van der Waals surface area contributed by atoms with Crippen molar-refractivity contribution < 1.29 is 9.53 Å². The molecule has 0 radical (unpaired) electrons. The highest BCUT2D eigenvalue weighted by Crippen LogP contribution is 2.19. The van der Waals surface area contributed by atoms with Crippen molar-refractivity contribution in [2.45, 2.75) is 12.8 Å². The predicted molar refractivity (Wildman–Crippen MR) is 94.1 cm³/mol. The molecule has 2 aromatic carbocycles. The fraction of sp³-hybridized carbons (Fsp3) is 0.211. The van der Waals surface area contributed by atoms with E-state index in [-0.39, 0.29) is 5.91 Å². The Kier molecular flexibility index (Phi) is 6.72. The molecule has 0 atom stereocenters. The highest BCUT2D eigenvalue weighted by Gasteiger charge is 1.97. The van der Waals surface area contributed by atoms with Crippen LogP contribution >= 0.6 is 0 Å². The fourth-order valence-electron chi connectivity index (χ4n) is 2.02. The average Bonchev–Trinajstić information content (AvgIpc) is 2.60. The minimum atomic E-state index is -0.132. The minimum absolute atomic E-state index is 0.132. The first-order chi connectivity index (χ1) is 11.3. The number of anilines is 2. The molecule has 120 valence electrons. The molecule has 2 rings (SSSR count). The SMILES string of the molecule is C=CC(=O)NCCCCOc1ccc(Nc2ccccc2)cc1. The summed E-state index contributed by atoms with van der Waals surface area (Å²) in [6.45, 7) is 4.69. The van der Waals surface area contributed by atoms with Crippen molar-refractivity contribution in [3.8, 4) is 5.75 Å². The number of rotatable bonds is 9. The molecule has 2 N–H and O–H groups in total. The first-order valence-corrected chi connectivity index (χ1v) is 7.73. The molecule has 1 amide bonds. The lowest BCUT2D eigenvalue weighted by atomic mass is 10.2. The van der Waals surface area contributed by atoms with E-state index in [1.165, 1.54) is 6.08 Å². The summed E-state index contributed by atoms with van der Waals surface area (Å²) in [7, 11) is 0. The van der Waals surface area contributed by atoms with Gasteiger partial charge in [-0.25, -0.2) is 0 Å². The summed E-state index contributed by atoms with van der Waals surface area (Å²) in [4.78, 5) is 11.0. The number of amides is 1. The van der Waals surface area contributed by atoms with E-state index < -0.39 is 0 Å². The van der Waals surface area contributed by atoms with Crippen LogP contribution in [0.25, 0.3) is 0 Å². The van der Waals surface area contributed by atoms with Crippen molar-refractivity contribution in [3.05, 3.63) is 67.3 Å². The van der Waals surface area contributed by atoms with Gasteiger partial charge in [0.15, 0.2) is 0 Å². The van der Waals surface area contributed by atoms with Crippen molar-refractivity contribution in [2.24, 2.45) is 0 Å². The molecule has 0 fully saturated rings. The van der Waals surface area contributed by atoms with Gasteiger partial charge in [0.1, 0.15) is 5.75 Å². The van der Waals surface area contributed by atoms with Gasteiger partial charge in [-0.3, -0.25) is 4.79 Å². The first-order valence-electron chi connectivity index (χ1n) is 7.73. The summed E-state index contributed by atoms with van der Waals surface area (Å²) in [5.74, 6) is 0.714. The smallest absolute Gasteiger partial charge is 0.243 e. The zero-order valence-electron chi connectivity index (χ0n) is 13.1. The molecule has 0 aliphatic rings. The third kappa shape index (κ3) is 6.26. The van der Waals surface area contributed by atoms with Gasteiger partial charge in [0.25, 0.3) is 0 Å². The Morgan fingerprint density at radius 1 is 1.00 bits per heavy atom. The maximum absolute atomic E-state index is 11.0. The summed E-state index contributed by atoms with van der Waals surface area (Å²) in [5, 5.41) is 6.07. The average molecular weight is 310 g/mol. The molecule has 2 aromatic rings. The van der Waals surface area contributed by atoms with Gasteiger partial charge in [0.05, 0.1) is 6.61 Å². The monoisotopic (exact) mass is 310 g/mol. The molecule has 0 saturated heterocycles. The second kappa shape index (κ2) is 9.30. The molecule has 0 aliphatic carbocycles. The van der Waals surface area contributed by atoms with Gasteiger partial charge in [-0.2, -0.15) is 0 Å². The molecular weight excluding hydrogens is 288 g/mol. The van der Waals surface area contributed by atoms with Gasteiger partial charge in [0, 0.05) is 17.9 Å². The zero-order chi connectivity index (χ0) is 16.3. The molecule has 0 heterocycles. The molecule has 0 bridgehead atoms. The van der Waals surface area contributed by atoms with E-state index in [4.69, 9.17) is 4.74 Å². The molecular formula is C19H22N2O2. The highest BCUT2D eigenvalue weighted by molar-refractivity contribution is 5.86. The van der Waals surface area contributed by atoms with Gasteiger partial charge in [-0.05, 0) is 55.3 Å². The van der Waals surface area contributed by atoms with Crippen LogP contribution in [0.5, 0.6) is 5.75 Å².